The highest BCUT2D eigenvalue weighted by Gasteiger charge is 2.42. The van der Waals surface area contributed by atoms with Crippen LogP contribution in [0.5, 0.6) is 0 Å². The van der Waals surface area contributed by atoms with E-state index in [1.54, 1.807) is 20.8 Å². The molecular formula is C17H23F3N2O3. The van der Waals surface area contributed by atoms with Crippen molar-refractivity contribution < 1.29 is 27.5 Å². The fourth-order valence-corrected chi connectivity index (χ4v) is 3.29. The van der Waals surface area contributed by atoms with E-state index in [2.05, 4.69) is 4.98 Å². The van der Waals surface area contributed by atoms with Gasteiger partial charge in [0.1, 0.15) is 0 Å². The third-order valence-corrected chi connectivity index (χ3v) is 4.53. The molecule has 0 unspecified atom stereocenters. The number of hydrogen-bond acceptors (Lipinski definition) is 4. The van der Waals surface area contributed by atoms with Crippen LogP contribution >= 0.6 is 0 Å². The molecule has 0 aromatic carbocycles. The smallest absolute Gasteiger partial charge is 0.393 e. The molecule has 1 aliphatic heterocycles. The number of hydrogen-bond donors (Lipinski definition) is 1. The summed E-state index contributed by atoms with van der Waals surface area (Å²) in [7, 11) is 0. The fourth-order valence-electron chi connectivity index (χ4n) is 3.29. The number of nitrogens with one attached hydrogen (secondary N) is 1. The largest absolute Gasteiger partial charge is 0.462 e. The van der Waals surface area contributed by atoms with Crippen LogP contribution in [-0.2, 0) is 4.74 Å². The SMILES string of the molecule is CCOC(=O)c1c(C)[nH]c(C(=O)CN2CCC[C@H](C(F)(F)F)C2)c1C. The van der Waals surface area contributed by atoms with Crippen molar-refractivity contribution in [2.75, 3.05) is 26.2 Å². The Hall–Kier alpha value is -1.83. The van der Waals surface area contributed by atoms with Crippen LogP contribution < -0.4 is 0 Å². The Kier molecular flexibility index (Phi) is 5.92. The second-order valence-corrected chi connectivity index (χ2v) is 6.38. The Morgan fingerprint density at radius 2 is 2.00 bits per heavy atom. The van der Waals surface area contributed by atoms with Crippen LogP contribution in [0.4, 0.5) is 13.2 Å². The molecule has 140 valence electrons. The molecule has 0 radical (unpaired) electrons. The van der Waals surface area contributed by atoms with Crippen molar-refractivity contribution in [3.63, 3.8) is 0 Å². The first-order valence-corrected chi connectivity index (χ1v) is 8.33. The zero-order valence-electron chi connectivity index (χ0n) is 14.6. The van der Waals surface area contributed by atoms with E-state index in [0.717, 1.165) is 0 Å². The van der Waals surface area contributed by atoms with Gasteiger partial charge in [-0.2, -0.15) is 13.2 Å². The number of carbonyl (C=O) groups is 2. The third-order valence-electron chi connectivity index (χ3n) is 4.53. The molecule has 5 nitrogen and oxygen atoms in total. The van der Waals surface area contributed by atoms with Gasteiger partial charge in [0.25, 0.3) is 0 Å². The summed E-state index contributed by atoms with van der Waals surface area (Å²) in [5.41, 5.74) is 1.57. The van der Waals surface area contributed by atoms with E-state index >= 15 is 0 Å². The molecule has 1 atom stereocenters. The Labute approximate surface area is 144 Å². The predicted molar refractivity (Wildman–Crippen MR) is 85.8 cm³/mol. The standard InChI is InChI=1S/C17H23F3N2O3/c1-4-25-16(24)14-10(2)15(21-11(14)3)13(23)9-22-7-5-6-12(8-22)17(18,19)20/h12,21H,4-9H2,1-3H3/t12-/m0/s1. The van der Waals surface area contributed by atoms with Crippen LogP contribution in [0.25, 0.3) is 0 Å². The summed E-state index contributed by atoms with van der Waals surface area (Å²) in [6.07, 6.45) is -3.73. The number of aromatic nitrogens is 1. The maximum Gasteiger partial charge on any atom is 0.393 e. The highest BCUT2D eigenvalue weighted by molar-refractivity contribution is 6.02. The summed E-state index contributed by atoms with van der Waals surface area (Å²) in [5, 5.41) is 0. The lowest BCUT2D eigenvalue weighted by Gasteiger charge is -2.33. The molecule has 1 N–H and O–H groups in total. The lowest BCUT2D eigenvalue weighted by molar-refractivity contribution is -0.186. The van der Waals surface area contributed by atoms with Gasteiger partial charge in [0.15, 0.2) is 5.78 Å². The Balaban J connectivity index is 2.11. The molecule has 0 saturated carbocycles. The average molecular weight is 360 g/mol. The van der Waals surface area contributed by atoms with Crippen LogP contribution in [-0.4, -0.2) is 54.1 Å². The first-order valence-electron chi connectivity index (χ1n) is 8.33. The van der Waals surface area contributed by atoms with Crippen molar-refractivity contribution in [3.8, 4) is 0 Å². The fraction of sp³-hybridized carbons (Fsp3) is 0.647. The number of alkyl halides is 3. The molecule has 1 aliphatic rings. The van der Waals surface area contributed by atoms with Gasteiger partial charge >= 0.3 is 12.1 Å². The molecule has 0 spiro atoms. The molecule has 0 aliphatic carbocycles. The quantitative estimate of drug-likeness (QED) is 0.647. The molecular weight excluding hydrogens is 337 g/mol. The van der Waals surface area contributed by atoms with E-state index in [4.69, 9.17) is 4.74 Å². The number of ketones is 1. The highest BCUT2D eigenvalue weighted by Crippen LogP contribution is 2.33. The maximum atomic E-state index is 12.9. The van der Waals surface area contributed by atoms with E-state index in [-0.39, 0.29) is 37.6 Å². The molecule has 25 heavy (non-hydrogen) atoms. The minimum absolute atomic E-state index is 0.0990. The van der Waals surface area contributed by atoms with Crippen LogP contribution in [0.2, 0.25) is 0 Å². The third kappa shape index (κ3) is 4.42. The van der Waals surface area contributed by atoms with Crippen LogP contribution in [0.3, 0.4) is 0 Å². The van der Waals surface area contributed by atoms with Gasteiger partial charge in [-0.1, -0.05) is 0 Å². The number of nitrogens with zero attached hydrogens (tertiary/aromatic N) is 1. The summed E-state index contributed by atoms with van der Waals surface area (Å²) in [6.45, 7) is 5.40. The number of H-pyrrole nitrogens is 1. The number of carbonyl (C=O) groups excluding carboxylic acids is 2. The molecule has 2 heterocycles. The molecule has 2 rings (SSSR count). The number of rotatable bonds is 5. The zero-order valence-corrected chi connectivity index (χ0v) is 14.6. The molecule has 8 heteroatoms. The molecule has 1 aromatic heterocycles. The monoisotopic (exact) mass is 360 g/mol. The van der Waals surface area contributed by atoms with Gasteiger partial charge in [0.05, 0.1) is 30.3 Å². The van der Waals surface area contributed by atoms with Gasteiger partial charge in [-0.25, -0.2) is 4.79 Å². The molecule has 1 fully saturated rings. The number of Topliss-reactive ketones (excluding diaryl/α,β-unsaturated/α-hetero) is 1. The van der Waals surface area contributed by atoms with Gasteiger partial charge in [0, 0.05) is 12.2 Å². The first kappa shape index (κ1) is 19.5. The Morgan fingerprint density at radius 1 is 1.32 bits per heavy atom. The lowest BCUT2D eigenvalue weighted by Crippen LogP contribution is -2.43. The number of aromatic amines is 1. The van der Waals surface area contributed by atoms with E-state index in [0.29, 0.717) is 29.8 Å². The second kappa shape index (κ2) is 7.59. The predicted octanol–water partition coefficient (Wildman–Crippen LogP) is 3.27. The second-order valence-electron chi connectivity index (χ2n) is 6.38. The summed E-state index contributed by atoms with van der Waals surface area (Å²) in [4.78, 5) is 28.9. The van der Waals surface area contributed by atoms with E-state index in [9.17, 15) is 22.8 Å². The molecule has 0 amide bonds. The van der Waals surface area contributed by atoms with Crippen molar-refractivity contribution in [2.24, 2.45) is 5.92 Å². The Morgan fingerprint density at radius 3 is 2.60 bits per heavy atom. The summed E-state index contributed by atoms with van der Waals surface area (Å²) in [5.74, 6) is -2.22. The van der Waals surface area contributed by atoms with Crippen LogP contribution in [0.15, 0.2) is 0 Å². The zero-order chi connectivity index (χ0) is 18.8. The van der Waals surface area contributed by atoms with Crippen molar-refractivity contribution in [1.29, 1.82) is 0 Å². The minimum atomic E-state index is -4.24. The summed E-state index contributed by atoms with van der Waals surface area (Å²) >= 11 is 0. The van der Waals surface area contributed by atoms with Gasteiger partial charge < -0.3 is 9.72 Å². The molecule has 1 saturated heterocycles. The number of aryl methyl sites for hydroxylation is 1. The number of ether oxygens (including phenoxy) is 1. The number of piperidine rings is 1. The van der Waals surface area contributed by atoms with E-state index in [1.165, 1.54) is 4.90 Å². The lowest BCUT2D eigenvalue weighted by atomic mass is 9.97. The van der Waals surface area contributed by atoms with Crippen LogP contribution in [0, 0.1) is 19.8 Å². The first-order chi connectivity index (χ1) is 11.6. The van der Waals surface area contributed by atoms with Crippen molar-refractivity contribution in [1.82, 2.24) is 9.88 Å². The normalized spacial score (nSPS) is 19.0. The number of likely N-dealkylation sites (tertiary alicyclic amines) is 1. The summed E-state index contributed by atoms with van der Waals surface area (Å²) in [6, 6.07) is 0. The van der Waals surface area contributed by atoms with E-state index in [1.807, 2.05) is 0 Å². The number of esters is 1. The van der Waals surface area contributed by atoms with Crippen molar-refractivity contribution in [3.05, 3.63) is 22.5 Å². The number of halogens is 3. The molecule has 1 aromatic rings. The van der Waals surface area contributed by atoms with Crippen molar-refractivity contribution >= 4 is 11.8 Å². The maximum absolute atomic E-state index is 12.9. The summed E-state index contributed by atoms with van der Waals surface area (Å²) < 4.78 is 43.6. The van der Waals surface area contributed by atoms with Gasteiger partial charge in [-0.05, 0) is 45.7 Å². The topological polar surface area (TPSA) is 62.4 Å². The molecule has 0 bridgehead atoms. The van der Waals surface area contributed by atoms with E-state index < -0.39 is 18.1 Å². The van der Waals surface area contributed by atoms with Crippen molar-refractivity contribution in [2.45, 2.75) is 39.8 Å². The van der Waals surface area contributed by atoms with Crippen LogP contribution in [0.1, 0.15) is 51.9 Å². The highest BCUT2D eigenvalue weighted by atomic mass is 19.4. The van der Waals surface area contributed by atoms with Gasteiger partial charge in [0.2, 0.25) is 0 Å². The average Bonchev–Trinajstić information content (AvgIpc) is 2.82. The van der Waals surface area contributed by atoms with Gasteiger partial charge in [-0.3, -0.25) is 9.69 Å². The Bertz CT molecular complexity index is 652. The minimum Gasteiger partial charge on any atom is -0.462 e. The van der Waals surface area contributed by atoms with Gasteiger partial charge in [-0.15, -0.1) is 0 Å².